The second kappa shape index (κ2) is 10.4. The predicted molar refractivity (Wildman–Crippen MR) is 155 cm³/mol. The maximum Gasteiger partial charge on any atom is 0.323 e. The highest BCUT2D eigenvalue weighted by Gasteiger charge is 2.18. The summed E-state index contributed by atoms with van der Waals surface area (Å²) in [5.74, 6) is 0.981. The van der Waals surface area contributed by atoms with Gasteiger partial charge < -0.3 is 20.3 Å². The van der Waals surface area contributed by atoms with Crippen LogP contribution in [0.3, 0.4) is 0 Å². The fourth-order valence-corrected chi connectivity index (χ4v) is 4.79. The minimum Gasteiger partial charge on any atom is -0.378 e. The van der Waals surface area contributed by atoms with Crippen molar-refractivity contribution in [1.29, 1.82) is 0 Å². The molecule has 0 bridgehead atoms. The number of morpholine rings is 1. The Morgan fingerprint density at radius 2 is 1.55 bits per heavy atom. The molecule has 196 valence electrons. The third-order valence-electron chi connectivity index (χ3n) is 7.07. The number of amides is 2. The van der Waals surface area contributed by atoms with Crippen LogP contribution in [0.1, 0.15) is 37.7 Å². The van der Waals surface area contributed by atoms with Crippen molar-refractivity contribution >= 4 is 34.0 Å². The van der Waals surface area contributed by atoms with Crippen molar-refractivity contribution in [3.63, 3.8) is 0 Å². The molecule has 0 aliphatic carbocycles. The summed E-state index contributed by atoms with van der Waals surface area (Å²) in [6, 6.07) is 18.1. The molecule has 1 aliphatic heterocycles. The van der Waals surface area contributed by atoms with Crippen molar-refractivity contribution in [2.45, 2.75) is 40.0 Å². The van der Waals surface area contributed by atoms with Crippen molar-refractivity contribution < 1.29 is 9.53 Å². The Kier molecular flexibility index (Phi) is 7.04. The Labute approximate surface area is 224 Å². The molecule has 3 heterocycles. The largest absolute Gasteiger partial charge is 0.378 e. The number of anilines is 3. The van der Waals surface area contributed by atoms with Gasteiger partial charge in [-0.3, -0.25) is 4.98 Å². The van der Waals surface area contributed by atoms with Gasteiger partial charge in [-0.1, -0.05) is 51.1 Å². The smallest absolute Gasteiger partial charge is 0.323 e. The molecule has 1 aliphatic rings. The zero-order valence-electron chi connectivity index (χ0n) is 22.8. The van der Waals surface area contributed by atoms with E-state index in [0.29, 0.717) is 5.69 Å². The molecule has 5 rings (SSSR count). The van der Waals surface area contributed by atoms with Crippen LogP contribution in [-0.2, 0) is 10.2 Å². The van der Waals surface area contributed by atoms with Crippen LogP contribution in [0.5, 0.6) is 0 Å². The van der Waals surface area contributed by atoms with Crippen molar-refractivity contribution in [1.82, 2.24) is 9.97 Å². The van der Waals surface area contributed by atoms with E-state index in [1.54, 1.807) is 0 Å². The van der Waals surface area contributed by atoms with Gasteiger partial charge in [-0.25, -0.2) is 9.78 Å². The second-order valence-corrected chi connectivity index (χ2v) is 10.8. The molecule has 0 unspecified atom stereocenters. The minimum absolute atomic E-state index is 0.0625. The zero-order valence-corrected chi connectivity index (χ0v) is 22.8. The van der Waals surface area contributed by atoms with Crippen LogP contribution in [0.15, 0.2) is 60.8 Å². The highest BCUT2D eigenvalue weighted by Crippen LogP contribution is 2.35. The number of aromatic nitrogens is 2. The minimum atomic E-state index is -0.299. The molecule has 2 aromatic carbocycles. The maximum atomic E-state index is 13.1. The number of fused-ring (bicyclic) bond motifs is 1. The number of ether oxygens (including phenoxy) is 1. The first-order chi connectivity index (χ1) is 18.2. The number of urea groups is 1. The zero-order chi connectivity index (χ0) is 26.9. The van der Waals surface area contributed by atoms with Crippen LogP contribution in [0, 0.1) is 13.8 Å². The van der Waals surface area contributed by atoms with Crippen LogP contribution in [-0.4, -0.2) is 42.3 Å². The van der Waals surface area contributed by atoms with Crippen LogP contribution in [0.2, 0.25) is 0 Å². The number of pyridine rings is 2. The number of carbonyl (C=O) groups excluding carboxylic acids is 1. The van der Waals surface area contributed by atoms with Gasteiger partial charge in [-0.2, -0.15) is 0 Å². The summed E-state index contributed by atoms with van der Waals surface area (Å²) in [4.78, 5) is 24.7. The van der Waals surface area contributed by atoms with Gasteiger partial charge in [-0.15, -0.1) is 0 Å². The van der Waals surface area contributed by atoms with Crippen molar-refractivity contribution in [3.8, 4) is 11.1 Å². The number of rotatable bonds is 4. The van der Waals surface area contributed by atoms with Gasteiger partial charge in [0.05, 0.1) is 30.3 Å². The first-order valence-electron chi connectivity index (χ1n) is 13.1. The van der Waals surface area contributed by atoms with Crippen LogP contribution in [0.4, 0.5) is 22.0 Å². The van der Waals surface area contributed by atoms with Crippen molar-refractivity contribution in [2.75, 3.05) is 41.8 Å². The van der Waals surface area contributed by atoms with Gasteiger partial charge >= 0.3 is 6.03 Å². The molecule has 7 heteroatoms. The van der Waals surface area contributed by atoms with E-state index in [9.17, 15) is 4.79 Å². The molecular formula is C31H35N5O2. The van der Waals surface area contributed by atoms with Crippen molar-refractivity contribution in [3.05, 3.63) is 77.7 Å². The number of nitrogens with one attached hydrogen (secondary N) is 2. The van der Waals surface area contributed by atoms with Crippen LogP contribution in [0.25, 0.3) is 21.9 Å². The van der Waals surface area contributed by atoms with E-state index in [1.807, 2.05) is 43.5 Å². The maximum absolute atomic E-state index is 13.1. The Bertz CT molecular complexity index is 1490. The molecule has 2 aromatic heterocycles. The molecule has 7 nitrogen and oxygen atoms in total. The quantitative estimate of drug-likeness (QED) is 0.320. The first-order valence-corrected chi connectivity index (χ1v) is 13.1. The number of hydrogen-bond acceptors (Lipinski definition) is 5. The molecule has 2 amide bonds. The van der Waals surface area contributed by atoms with Crippen LogP contribution < -0.4 is 15.5 Å². The lowest BCUT2D eigenvalue weighted by atomic mass is 9.88. The third-order valence-corrected chi connectivity index (χ3v) is 7.07. The van der Waals surface area contributed by atoms with E-state index in [4.69, 9.17) is 9.72 Å². The lowest BCUT2D eigenvalue weighted by Crippen LogP contribution is -2.36. The summed E-state index contributed by atoms with van der Waals surface area (Å²) in [5.41, 5.74) is 6.37. The van der Waals surface area contributed by atoms with E-state index in [-0.39, 0.29) is 11.4 Å². The summed E-state index contributed by atoms with van der Waals surface area (Å²) in [7, 11) is 0. The molecule has 1 fully saturated rings. The Morgan fingerprint density at radius 3 is 2.26 bits per heavy atom. The van der Waals surface area contributed by atoms with Crippen LogP contribution >= 0.6 is 0 Å². The average molecular weight is 510 g/mol. The number of benzene rings is 2. The Morgan fingerprint density at radius 1 is 0.868 bits per heavy atom. The number of nitrogens with zero attached hydrogens (tertiary/aromatic N) is 3. The summed E-state index contributed by atoms with van der Waals surface area (Å²) < 4.78 is 5.48. The van der Waals surface area contributed by atoms with Gasteiger partial charge in [0.1, 0.15) is 5.82 Å². The van der Waals surface area contributed by atoms with Gasteiger partial charge in [0, 0.05) is 35.9 Å². The first kappa shape index (κ1) is 25.7. The molecule has 0 spiro atoms. The Hall–Kier alpha value is -3.97. The predicted octanol–water partition coefficient (Wildman–Crippen LogP) is 6.69. The molecular weight excluding hydrogens is 474 g/mol. The Balaban J connectivity index is 1.42. The SMILES string of the molecule is Cc1ncc(C(C)(C)C)cc1NC(=O)Nc1ccc(-c2ccc(N3CCOCC3)nc2C)c2ccccc12. The van der Waals surface area contributed by atoms with E-state index in [0.717, 1.165) is 76.7 Å². The summed E-state index contributed by atoms with van der Waals surface area (Å²) in [6.45, 7) is 13.5. The second-order valence-electron chi connectivity index (χ2n) is 10.8. The molecule has 0 saturated carbocycles. The molecule has 1 saturated heterocycles. The van der Waals surface area contributed by atoms with Gasteiger partial charge in [0.15, 0.2) is 0 Å². The fourth-order valence-electron chi connectivity index (χ4n) is 4.79. The number of carbonyl (C=O) groups is 1. The van der Waals surface area contributed by atoms with Gasteiger partial charge in [0.25, 0.3) is 0 Å². The lowest BCUT2D eigenvalue weighted by Gasteiger charge is -2.28. The van der Waals surface area contributed by atoms with Gasteiger partial charge in [0.2, 0.25) is 0 Å². The molecule has 4 aromatic rings. The molecule has 2 N–H and O–H groups in total. The molecule has 38 heavy (non-hydrogen) atoms. The third kappa shape index (κ3) is 5.34. The van der Waals surface area contributed by atoms with Gasteiger partial charge in [-0.05, 0) is 60.0 Å². The van der Waals surface area contributed by atoms with E-state index in [2.05, 4.69) is 72.5 Å². The highest BCUT2D eigenvalue weighted by atomic mass is 16.5. The van der Waals surface area contributed by atoms with Crippen molar-refractivity contribution in [2.24, 2.45) is 0 Å². The van der Waals surface area contributed by atoms with E-state index >= 15 is 0 Å². The monoisotopic (exact) mass is 509 g/mol. The molecule has 0 atom stereocenters. The van der Waals surface area contributed by atoms with E-state index in [1.165, 1.54) is 0 Å². The summed E-state index contributed by atoms with van der Waals surface area (Å²) >= 11 is 0. The topological polar surface area (TPSA) is 79.4 Å². The standard InChI is InChI=1S/C31H35N5O2/c1-20-23(11-13-29(33-20)36-14-16-38-17-15-36)25-10-12-27(26-9-7-6-8-24(25)26)34-30(37)35-28-18-22(31(3,4)5)19-32-21(28)2/h6-13,18-19H,14-17H2,1-5H3,(H2,34,35,37). The lowest BCUT2D eigenvalue weighted by molar-refractivity contribution is 0.122. The van der Waals surface area contributed by atoms with E-state index < -0.39 is 0 Å². The summed E-state index contributed by atoms with van der Waals surface area (Å²) in [6.07, 6.45) is 1.87. The fraction of sp³-hybridized carbons (Fsp3) is 0.323. The summed E-state index contributed by atoms with van der Waals surface area (Å²) in [5, 5.41) is 8.07. The molecule has 0 radical (unpaired) electrons. The normalized spacial score (nSPS) is 14.0. The number of aryl methyl sites for hydroxylation is 2. The highest BCUT2D eigenvalue weighted by molar-refractivity contribution is 6.10. The number of hydrogen-bond donors (Lipinski definition) is 2. The average Bonchev–Trinajstić information content (AvgIpc) is 2.90.